The average molecular weight is 556 g/mol. The van der Waals surface area contributed by atoms with Crippen molar-refractivity contribution in [2.24, 2.45) is 0 Å². The normalized spacial score (nSPS) is 13.5. The highest BCUT2D eigenvalue weighted by molar-refractivity contribution is 6.42. The molecule has 0 aliphatic carbocycles. The number of aliphatic hydroxyl groups is 2. The fourth-order valence-electron chi connectivity index (χ4n) is 3.61. The quantitative estimate of drug-likeness (QED) is 0.227. The van der Waals surface area contributed by atoms with E-state index in [0.29, 0.717) is 41.3 Å². The molecule has 0 saturated carbocycles. The number of aliphatic hydroxyl groups excluding tert-OH is 2. The summed E-state index contributed by atoms with van der Waals surface area (Å²) in [5, 5.41) is 28.7. The van der Waals surface area contributed by atoms with E-state index in [4.69, 9.17) is 39.5 Å². The third kappa shape index (κ3) is 9.88. The summed E-state index contributed by atoms with van der Waals surface area (Å²) in [5.41, 5.74) is 2.69. The van der Waals surface area contributed by atoms with E-state index < -0.39 is 12.2 Å². The van der Waals surface area contributed by atoms with Crippen LogP contribution in [0.2, 0.25) is 15.1 Å². The van der Waals surface area contributed by atoms with Crippen molar-refractivity contribution in [2.45, 2.75) is 31.6 Å². The second kappa shape index (κ2) is 15.4. The summed E-state index contributed by atoms with van der Waals surface area (Å²) in [7, 11) is 0. The zero-order valence-electron chi connectivity index (χ0n) is 20.1. The van der Waals surface area contributed by atoms with Crippen LogP contribution < -0.4 is 15.4 Å². The van der Waals surface area contributed by atoms with E-state index in [1.807, 2.05) is 36.4 Å². The van der Waals surface area contributed by atoms with Gasteiger partial charge >= 0.3 is 0 Å². The largest absolute Gasteiger partial charge is 0.492 e. The van der Waals surface area contributed by atoms with Gasteiger partial charge in [-0.1, -0.05) is 65.1 Å². The highest BCUT2D eigenvalue weighted by atomic mass is 35.5. The van der Waals surface area contributed by atoms with Gasteiger partial charge in [-0.2, -0.15) is 0 Å². The molecule has 0 spiro atoms. The molecule has 0 bridgehead atoms. The lowest BCUT2D eigenvalue weighted by atomic mass is 10.1. The molecule has 3 aromatic rings. The molecular formula is C27H33Cl3N2O4. The molecule has 0 heterocycles. The lowest BCUT2D eigenvalue weighted by molar-refractivity contribution is 0.170. The SMILES string of the molecule is C[C@H](Cc1ccc(OCCNC[C@H](O)c2cccc(Cl)c2)cc1)NC[C@H](O)c1ccc(Cl)c(Cl)c1.O. The first-order valence-electron chi connectivity index (χ1n) is 11.5. The summed E-state index contributed by atoms with van der Waals surface area (Å²) < 4.78 is 5.78. The average Bonchev–Trinajstić information content (AvgIpc) is 2.85. The van der Waals surface area contributed by atoms with Gasteiger partial charge in [0.05, 0.1) is 22.3 Å². The van der Waals surface area contributed by atoms with Crippen molar-refractivity contribution in [1.29, 1.82) is 0 Å². The summed E-state index contributed by atoms with van der Waals surface area (Å²) in [5.74, 6) is 0.793. The Balaban J connectivity index is 0.00000456. The molecule has 0 saturated heterocycles. The van der Waals surface area contributed by atoms with Crippen molar-refractivity contribution in [3.63, 3.8) is 0 Å². The van der Waals surface area contributed by atoms with Gasteiger partial charge in [0.2, 0.25) is 0 Å². The first kappa shape index (κ1) is 30.4. The Bertz CT molecular complexity index is 1070. The standard InChI is InChI=1S/C27H31Cl3N2O3.H2O/c1-18(32-17-27(34)21-7-10-24(29)25(30)15-21)13-19-5-8-23(9-6-19)35-12-11-31-16-26(33)20-3-2-4-22(28)14-20;/h2-10,14-15,18,26-27,31-34H,11-13,16-17H2,1H3;1H2/t18-,26+,27+;/m1./s1. The maximum Gasteiger partial charge on any atom is 0.119 e. The van der Waals surface area contributed by atoms with E-state index in [1.165, 1.54) is 5.56 Å². The smallest absolute Gasteiger partial charge is 0.119 e. The highest BCUT2D eigenvalue weighted by Gasteiger charge is 2.12. The van der Waals surface area contributed by atoms with E-state index in [9.17, 15) is 10.2 Å². The van der Waals surface area contributed by atoms with Crippen LogP contribution in [0.1, 0.15) is 35.8 Å². The van der Waals surface area contributed by atoms with E-state index in [0.717, 1.165) is 23.3 Å². The van der Waals surface area contributed by atoms with Crippen LogP contribution >= 0.6 is 34.8 Å². The predicted octanol–water partition coefficient (Wildman–Crippen LogP) is 4.78. The Morgan fingerprint density at radius 1 is 0.833 bits per heavy atom. The number of benzene rings is 3. The van der Waals surface area contributed by atoms with Gasteiger partial charge in [0.25, 0.3) is 0 Å². The van der Waals surface area contributed by atoms with Gasteiger partial charge in [0.15, 0.2) is 0 Å². The molecule has 0 radical (unpaired) electrons. The van der Waals surface area contributed by atoms with Crippen LogP contribution in [0.25, 0.3) is 0 Å². The number of nitrogens with one attached hydrogen (secondary N) is 2. The maximum absolute atomic E-state index is 10.4. The van der Waals surface area contributed by atoms with Gasteiger partial charge < -0.3 is 31.1 Å². The van der Waals surface area contributed by atoms with Crippen LogP contribution in [0.3, 0.4) is 0 Å². The van der Waals surface area contributed by atoms with Crippen LogP contribution in [0.5, 0.6) is 5.75 Å². The Labute approximate surface area is 227 Å². The number of halogens is 3. The fraction of sp³-hybridized carbons (Fsp3) is 0.333. The molecular weight excluding hydrogens is 523 g/mol. The second-order valence-electron chi connectivity index (χ2n) is 8.47. The zero-order chi connectivity index (χ0) is 25.2. The van der Waals surface area contributed by atoms with Crippen LogP contribution in [0.4, 0.5) is 0 Å². The van der Waals surface area contributed by atoms with Crippen molar-refractivity contribution < 1.29 is 20.4 Å². The molecule has 9 heteroatoms. The monoisotopic (exact) mass is 554 g/mol. The maximum atomic E-state index is 10.4. The molecule has 36 heavy (non-hydrogen) atoms. The summed E-state index contributed by atoms with van der Waals surface area (Å²) in [6, 6.07) is 20.5. The number of rotatable bonds is 13. The molecule has 196 valence electrons. The topological polar surface area (TPSA) is 105 Å². The molecule has 6 N–H and O–H groups in total. The summed E-state index contributed by atoms with van der Waals surface area (Å²) in [4.78, 5) is 0. The van der Waals surface area contributed by atoms with Gasteiger partial charge in [-0.25, -0.2) is 0 Å². The van der Waals surface area contributed by atoms with Gasteiger partial charge in [-0.3, -0.25) is 0 Å². The van der Waals surface area contributed by atoms with Gasteiger partial charge in [0, 0.05) is 30.7 Å². The second-order valence-corrected chi connectivity index (χ2v) is 9.72. The lowest BCUT2D eigenvalue weighted by Crippen LogP contribution is -2.32. The number of hydrogen-bond acceptors (Lipinski definition) is 5. The van der Waals surface area contributed by atoms with Crippen LogP contribution in [-0.2, 0) is 6.42 Å². The van der Waals surface area contributed by atoms with Crippen molar-refractivity contribution in [3.05, 3.63) is 98.5 Å². The van der Waals surface area contributed by atoms with Crippen molar-refractivity contribution in [3.8, 4) is 5.75 Å². The van der Waals surface area contributed by atoms with E-state index >= 15 is 0 Å². The Morgan fingerprint density at radius 3 is 2.22 bits per heavy atom. The fourth-order valence-corrected chi connectivity index (χ4v) is 4.11. The molecule has 0 aromatic heterocycles. The first-order chi connectivity index (χ1) is 16.8. The Kier molecular flexibility index (Phi) is 13.0. The van der Waals surface area contributed by atoms with Crippen LogP contribution in [0, 0.1) is 0 Å². The molecule has 3 aromatic carbocycles. The summed E-state index contributed by atoms with van der Waals surface area (Å²) in [6.45, 7) is 4.02. The predicted molar refractivity (Wildman–Crippen MR) is 147 cm³/mol. The Morgan fingerprint density at radius 2 is 1.53 bits per heavy atom. The van der Waals surface area contributed by atoms with E-state index in [-0.39, 0.29) is 11.5 Å². The zero-order valence-corrected chi connectivity index (χ0v) is 22.3. The van der Waals surface area contributed by atoms with Crippen molar-refractivity contribution in [1.82, 2.24) is 10.6 Å². The minimum Gasteiger partial charge on any atom is -0.492 e. The number of hydrogen-bond donors (Lipinski definition) is 4. The lowest BCUT2D eigenvalue weighted by Gasteiger charge is -2.18. The highest BCUT2D eigenvalue weighted by Crippen LogP contribution is 2.25. The van der Waals surface area contributed by atoms with Gasteiger partial charge in [-0.15, -0.1) is 0 Å². The van der Waals surface area contributed by atoms with E-state index in [1.54, 1.807) is 30.3 Å². The molecule has 0 unspecified atom stereocenters. The molecule has 3 rings (SSSR count). The Hall–Kier alpha value is -1.87. The molecule has 6 nitrogen and oxygen atoms in total. The van der Waals surface area contributed by atoms with Gasteiger partial charge in [-0.05, 0) is 66.4 Å². The third-order valence-electron chi connectivity index (χ3n) is 5.57. The molecule has 0 aliphatic rings. The molecule has 0 fully saturated rings. The van der Waals surface area contributed by atoms with E-state index in [2.05, 4.69) is 17.6 Å². The third-order valence-corrected chi connectivity index (χ3v) is 6.55. The first-order valence-corrected chi connectivity index (χ1v) is 12.7. The molecule has 0 aliphatic heterocycles. The molecule has 0 amide bonds. The van der Waals surface area contributed by atoms with Crippen molar-refractivity contribution in [2.75, 3.05) is 26.2 Å². The molecule has 3 atom stereocenters. The summed E-state index contributed by atoms with van der Waals surface area (Å²) >= 11 is 17.9. The minimum absolute atomic E-state index is 0. The van der Waals surface area contributed by atoms with Crippen LogP contribution in [-0.4, -0.2) is 48.0 Å². The van der Waals surface area contributed by atoms with Crippen molar-refractivity contribution >= 4 is 34.8 Å². The number of ether oxygens (including phenoxy) is 1. The van der Waals surface area contributed by atoms with Gasteiger partial charge in [0.1, 0.15) is 12.4 Å². The van der Waals surface area contributed by atoms with Crippen LogP contribution in [0.15, 0.2) is 66.7 Å². The minimum atomic E-state index is -0.664. The summed E-state index contributed by atoms with van der Waals surface area (Å²) in [6.07, 6.45) is -0.464.